The number of nitrogens with one attached hydrogen (secondary N) is 1. The van der Waals surface area contributed by atoms with Gasteiger partial charge in [0.05, 0.1) is 11.9 Å². The number of carbonyl (C=O) groups excluding carboxylic acids is 1. The van der Waals surface area contributed by atoms with Crippen LogP contribution in [-0.4, -0.2) is 17.4 Å². The number of aromatic nitrogens is 1. The maximum Gasteiger partial charge on any atom is 0.274 e. The molecule has 2 aromatic carbocycles. The molecule has 0 saturated heterocycles. The standard InChI is InChI=1S/C22H23N3O/c1-3-25(16-18-10-5-4-6-11-18)19-13-14-21(23-15-19)22(26)24-20-12-8-7-9-17(20)2/h4-15H,3,16H2,1-2H3,(H,24,26). The van der Waals surface area contributed by atoms with Crippen molar-refractivity contribution in [3.8, 4) is 0 Å². The summed E-state index contributed by atoms with van der Waals surface area (Å²) in [4.78, 5) is 19.0. The summed E-state index contributed by atoms with van der Waals surface area (Å²) in [5, 5.41) is 2.91. The number of carbonyl (C=O) groups is 1. The normalized spacial score (nSPS) is 10.4. The molecule has 0 bridgehead atoms. The highest BCUT2D eigenvalue weighted by Gasteiger charge is 2.11. The van der Waals surface area contributed by atoms with E-state index in [1.807, 2.05) is 55.5 Å². The number of hydrogen-bond donors (Lipinski definition) is 1. The number of amides is 1. The van der Waals surface area contributed by atoms with E-state index in [0.29, 0.717) is 5.69 Å². The van der Waals surface area contributed by atoms with Crippen molar-refractivity contribution in [1.82, 2.24) is 4.98 Å². The minimum atomic E-state index is -0.197. The van der Waals surface area contributed by atoms with E-state index < -0.39 is 0 Å². The van der Waals surface area contributed by atoms with Crippen LogP contribution in [0.2, 0.25) is 0 Å². The first-order chi connectivity index (χ1) is 12.7. The van der Waals surface area contributed by atoms with Crippen molar-refractivity contribution >= 4 is 17.3 Å². The van der Waals surface area contributed by atoms with Gasteiger partial charge in [0.25, 0.3) is 5.91 Å². The summed E-state index contributed by atoms with van der Waals surface area (Å²) in [7, 11) is 0. The van der Waals surface area contributed by atoms with E-state index in [1.54, 1.807) is 12.3 Å². The zero-order valence-electron chi connectivity index (χ0n) is 15.1. The first-order valence-electron chi connectivity index (χ1n) is 8.79. The van der Waals surface area contributed by atoms with Gasteiger partial charge in [0, 0.05) is 18.8 Å². The van der Waals surface area contributed by atoms with Crippen molar-refractivity contribution in [3.05, 3.63) is 89.7 Å². The number of nitrogens with zero attached hydrogens (tertiary/aromatic N) is 2. The predicted molar refractivity (Wildman–Crippen MR) is 107 cm³/mol. The van der Waals surface area contributed by atoms with Crippen LogP contribution >= 0.6 is 0 Å². The second-order valence-electron chi connectivity index (χ2n) is 6.17. The Morgan fingerprint density at radius 2 is 1.73 bits per heavy atom. The Hall–Kier alpha value is -3.14. The number of pyridine rings is 1. The molecule has 0 aliphatic heterocycles. The molecule has 1 heterocycles. The smallest absolute Gasteiger partial charge is 0.274 e. The molecular formula is C22H23N3O. The van der Waals surface area contributed by atoms with Crippen LogP contribution in [-0.2, 0) is 6.54 Å². The fraction of sp³-hybridized carbons (Fsp3) is 0.182. The topological polar surface area (TPSA) is 45.2 Å². The van der Waals surface area contributed by atoms with Crippen molar-refractivity contribution in [2.24, 2.45) is 0 Å². The molecule has 1 N–H and O–H groups in total. The van der Waals surface area contributed by atoms with E-state index in [1.165, 1.54) is 5.56 Å². The van der Waals surface area contributed by atoms with Crippen LogP contribution in [0.5, 0.6) is 0 Å². The molecule has 0 spiro atoms. The lowest BCUT2D eigenvalue weighted by atomic mass is 10.2. The van der Waals surface area contributed by atoms with Crippen molar-refractivity contribution in [2.45, 2.75) is 20.4 Å². The van der Waals surface area contributed by atoms with Crippen LogP contribution in [0.3, 0.4) is 0 Å². The number of rotatable bonds is 6. The van der Waals surface area contributed by atoms with E-state index >= 15 is 0 Å². The van der Waals surface area contributed by atoms with Crippen molar-refractivity contribution in [3.63, 3.8) is 0 Å². The molecule has 1 amide bonds. The van der Waals surface area contributed by atoms with Crippen molar-refractivity contribution in [2.75, 3.05) is 16.8 Å². The predicted octanol–water partition coefficient (Wildman–Crippen LogP) is 4.67. The number of aryl methyl sites for hydroxylation is 1. The van der Waals surface area contributed by atoms with Crippen LogP contribution in [0.4, 0.5) is 11.4 Å². The zero-order valence-corrected chi connectivity index (χ0v) is 15.1. The summed E-state index contributed by atoms with van der Waals surface area (Å²) >= 11 is 0. The molecule has 3 rings (SSSR count). The maximum absolute atomic E-state index is 12.4. The van der Waals surface area contributed by atoms with Gasteiger partial charge < -0.3 is 10.2 Å². The molecule has 0 aliphatic carbocycles. The lowest BCUT2D eigenvalue weighted by Gasteiger charge is -2.23. The third kappa shape index (κ3) is 4.28. The van der Waals surface area contributed by atoms with Crippen LogP contribution in [0.25, 0.3) is 0 Å². The molecular weight excluding hydrogens is 322 g/mol. The van der Waals surface area contributed by atoms with E-state index in [-0.39, 0.29) is 5.91 Å². The molecule has 3 aromatic rings. The molecule has 0 fully saturated rings. The first-order valence-corrected chi connectivity index (χ1v) is 8.79. The SMILES string of the molecule is CCN(Cc1ccccc1)c1ccc(C(=O)Nc2ccccc2C)nc1. The molecule has 0 radical (unpaired) electrons. The van der Waals surface area contributed by atoms with Gasteiger partial charge in [-0.25, -0.2) is 4.98 Å². The Labute approximate surface area is 154 Å². The Morgan fingerprint density at radius 1 is 1.00 bits per heavy atom. The quantitative estimate of drug-likeness (QED) is 0.706. The molecule has 26 heavy (non-hydrogen) atoms. The average molecular weight is 345 g/mol. The summed E-state index contributed by atoms with van der Waals surface area (Å²) in [6.45, 7) is 5.76. The highest BCUT2D eigenvalue weighted by Crippen LogP contribution is 2.18. The third-order valence-corrected chi connectivity index (χ3v) is 4.34. The van der Waals surface area contributed by atoms with Gasteiger partial charge in [-0.3, -0.25) is 4.79 Å². The largest absolute Gasteiger partial charge is 0.366 e. The van der Waals surface area contributed by atoms with E-state index in [4.69, 9.17) is 0 Å². The molecule has 1 aromatic heterocycles. The Kier molecular flexibility index (Phi) is 5.64. The van der Waals surface area contributed by atoms with Crippen molar-refractivity contribution < 1.29 is 4.79 Å². The summed E-state index contributed by atoms with van der Waals surface area (Å²) in [6.07, 6.45) is 1.76. The minimum absolute atomic E-state index is 0.197. The highest BCUT2D eigenvalue weighted by atomic mass is 16.1. The Morgan fingerprint density at radius 3 is 2.38 bits per heavy atom. The van der Waals surface area contributed by atoms with Gasteiger partial charge in [0.15, 0.2) is 0 Å². The maximum atomic E-state index is 12.4. The van der Waals surface area contributed by atoms with Crippen LogP contribution in [0.1, 0.15) is 28.5 Å². The van der Waals surface area contributed by atoms with Gasteiger partial charge in [-0.15, -0.1) is 0 Å². The fourth-order valence-corrected chi connectivity index (χ4v) is 2.80. The molecule has 0 atom stereocenters. The number of anilines is 2. The molecule has 132 valence electrons. The van der Waals surface area contributed by atoms with Gasteiger partial charge in [-0.05, 0) is 43.2 Å². The van der Waals surface area contributed by atoms with Gasteiger partial charge >= 0.3 is 0 Å². The molecule has 4 heteroatoms. The summed E-state index contributed by atoms with van der Waals surface area (Å²) in [5.41, 5.74) is 4.49. The fourth-order valence-electron chi connectivity index (χ4n) is 2.80. The summed E-state index contributed by atoms with van der Waals surface area (Å²) in [5.74, 6) is -0.197. The molecule has 0 saturated carbocycles. The first kappa shape index (κ1) is 17.7. The second-order valence-corrected chi connectivity index (χ2v) is 6.17. The third-order valence-electron chi connectivity index (χ3n) is 4.34. The van der Waals surface area contributed by atoms with Crippen molar-refractivity contribution in [1.29, 1.82) is 0 Å². The van der Waals surface area contributed by atoms with Crippen LogP contribution in [0.15, 0.2) is 72.9 Å². The minimum Gasteiger partial charge on any atom is -0.366 e. The van der Waals surface area contributed by atoms with Gasteiger partial charge in [0.2, 0.25) is 0 Å². The number of para-hydroxylation sites is 1. The van der Waals surface area contributed by atoms with Gasteiger partial charge in [-0.2, -0.15) is 0 Å². The molecule has 0 unspecified atom stereocenters. The van der Waals surface area contributed by atoms with Gasteiger partial charge in [0.1, 0.15) is 5.69 Å². The summed E-state index contributed by atoms with van der Waals surface area (Å²) < 4.78 is 0. The summed E-state index contributed by atoms with van der Waals surface area (Å²) in [6, 6.07) is 21.8. The molecule has 0 aliphatic rings. The van der Waals surface area contributed by atoms with E-state index in [2.05, 4.69) is 34.3 Å². The van der Waals surface area contributed by atoms with E-state index in [9.17, 15) is 4.79 Å². The van der Waals surface area contributed by atoms with Crippen LogP contribution in [0, 0.1) is 6.92 Å². The van der Waals surface area contributed by atoms with E-state index in [0.717, 1.165) is 30.0 Å². The number of benzene rings is 2. The lowest BCUT2D eigenvalue weighted by Crippen LogP contribution is -2.22. The average Bonchev–Trinajstić information content (AvgIpc) is 2.69. The second kappa shape index (κ2) is 8.30. The molecule has 4 nitrogen and oxygen atoms in total. The monoisotopic (exact) mass is 345 g/mol. The lowest BCUT2D eigenvalue weighted by molar-refractivity contribution is 0.102. The Bertz CT molecular complexity index is 860. The number of hydrogen-bond acceptors (Lipinski definition) is 3. The van der Waals surface area contributed by atoms with Gasteiger partial charge in [-0.1, -0.05) is 48.5 Å². The highest BCUT2D eigenvalue weighted by molar-refractivity contribution is 6.03. The Balaban J connectivity index is 1.70. The van der Waals surface area contributed by atoms with Crippen LogP contribution < -0.4 is 10.2 Å². The zero-order chi connectivity index (χ0) is 18.4.